The Bertz CT molecular complexity index is 756. The third-order valence-corrected chi connectivity index (χ3v) is 5.59. The molecule has 126 valence electrons. The van der Waals surface area contributed by atoms with E-state index in [0.717, 1.165) is 0 Å². The van der Waals surface area contributed by atoms with Crippen molar-refractivity contribution in [1.29, 1.82) is 0 Å². The number of hydrogen-bond donors (Lipinski definition) is 3. The van der Waals surface area contributed by atoms with Crippen LogP contribution in [0.2, 0.25) is 0 Å². The minimum absolute atomic E-state index is 0.0295. The van der Waals surface area contributed by atoms with E-state index in [4.69, 9.17) is 0 Å². The van der Waals surface area contributed by atoms with Gasteiger partial charge in [-0.2, -0.15) is 0 Å². The van der Waals surface area contributed by atoms with Crippen molar-refractivity contribution in [3.05, 3.63) is 18.2 Å². The third kappa shape index (κ3) is 3.70. The number of rotatable bonds is 4. The molecule has 0 aliphatic carbocycles. The molecule has 0 fully saturated rings. The molecule has 7 nitrogen and oxygen atoms in total. The van der Waals surface area contributed by atoms with Gasteiger partial charge in [-0.25, -0.2) is 13.1 Å². The lowest BCUT2D eigenvalue weighted by atomic mass is 10.0. The summed E-state index contributed by atoms with van der Waals surface area (Å²) < 4.78 is 27.6. The van der Waals surface area contributed by atoms with Crippen molar-refractivity contribution in [2.24, 2.45) is 5.92 Å². The molecule has 1 aromatic carbocycles. The molecule has 1 aliphatic rings. The van der Waals surface area contributed by atoms with Crippen molar-refractivity contribution in [1.82, 2.24) is 4.72 Å². The Morgan fingerprint density at radius 3 is 2.26 bits per heavy atom. The zero-order valence-electron chi connectivity index (χ0n) is 13.6. The summed E-state index contributed by atoms with van der Waals surface area (Å²) in [6.07, 6.45) is 0.626. The molecule has 0 aromatic heterocycles. The topological polar surface area (TPSA) is 104 Å². The quantitative estimate of drug-likeness (QED) is 0.726. The second-order valence-electron chi connectivity index (χ2n) is 6.25. The van der Waals surface area contributed by atoms with E-state index in [0.29, 0.717) is 12.1 Å². The van der Waals surface area contributed by atoms with Crippen LogP contribution in [0.1, 0.15) is 34.1 Å². The number of carbonyl (C=O) groups is 2. The minimum Gasteiger partial charge on any atom is -0.324 e. The molecule has 3 N–H and O–H groups in total. The Balaban J connectivity index is 2.40. The van der Waals surface area contributed by atoms with Crippen LogP contribution in [0.5, 0.6) is 0 Å². The molecule has 1 aromatic rings. The molecular formula is C15H21N3O4S. The van der Waals surface area contributed by atoms with Crippen molar-refractivity contribution in [2.75, 3.05) is 10.6 Å². The fourth-order valence-electron chi connectivity index (χ4n) is 2.00. The van der Waals surface area contributed by atoms with Crippen LogP contribution in [-0.2, 0) is 19.6 Å². The number of hydrogen-bond acceptors (Lipinski definition) is 4. The maximum atomic E-state index is 12.5. The number of carbonyl (C=O) groups excluding carboxylic acids is 2. The van der Waals surface area contributed by atoms with Gasteiger partial charge in [0.2, 0.25) is 21.8 Å². The highest BCUT2D eigenvalue weighted by Gasteiger charge is 2.29. The molecule has 1 heterocycles. The van der Waals surface area contributed by atoms with E-state index in [-0.39, 0.29) is 10.6 Å². The van der Waals surface area contributed by atoms with Crippen LogP contribution in [0.15, 0.2) is 23.1 Å². The zero-order valence-corrected chi connectivity index (χ0v) is 14.4. The first-order valence-electron chi connectivity index (χ1n) is 7.35. The summed E-state index contributed by atoms with van der Waals surface area (Å²) in [5.41, 5.74) is 0.0590. The molecule has 0 radical (unpaired) electrons. The Morgan fingerprint density at radius 1 is 1.13 bits per heavy atom. The highest BCUT2D eigenvalue weighted by atomic mass is 32.2. The summed E-state index contributed by atoms with van der Waals surface area (Å²) in [6, 6.07) is 4.22. The zero-order chi connectivity index (χ0) is 17.4. The van der Waals surface area contributed by atoms with Gasteiger partial charge in [-0.3, -0.25) is 9.59 Å². The summed E-state index contributed by atoms with van der Waals surface area (Å²) in [4.78, 5) is 23.7. The van der Waals surface area contributed by atoms with E-state index >= 15 is 0 Å². The number of nitrogens with one attached hydrogen (secondary N) is 3. The smallest absolute Gasteiger partial charge is 0.241 e. The monoisotopic (exact) mass is 339 g/mol. The van der Waals surface area contributed by atoms with Crippen LogP contribution in [0.3, 0.4) is 0 Å². The molecule has 2 rings (SSSR count). The first-order chi connectivity index (χ1) is 10.6. The lowest BCUT2D eigenvalue weighted by molar-refractivity contribution is -0.128. The maximum absolute atomic E-state index is 12.5. The van der Waals surface area contributed by atoms with Crippen LogP contribution in [-0.4, -0.2) is 25.8 Å². The summed E-state index contributed by atoms with van der Waals surface area (Å²) in [5, 5.41) is 5.18. The van der Waals surface area contributed by atoms with Gasteiger partial charge in [-0.05, 0) is 45.4 Å². The predicted octanol–water partition coefficient (Wildman–Crippen LogP) is 1.68. The van der Waals surface area contributed by atoms with Gasteiger partial charge in [0.05, 0.1) is 16.3 Å². The number of amides is 2. The van der Waals surface area contributed by atoms with E-state index < -0.39 is 33.3 Å². The molecule has 8 heteroatoms. The molecule has 1 aliphatic heterocycles. The summed E-state index contributed by atoms with van der Waals surface area (Å²) in [6.45, 7) is 6.95. The Kier molecular flexibility index (Phi) is 4.50. The highest BCUT2D eigenvalue weighted by Crippen LogP contribution is 2.29. The van der Waals surface area contributed by atoms with Crippen LogP contribution in [0.4, 0.5) is 11.4 Å². The molecule has 1 atom stereocenters. The molecule has 2 amide bonds. The van der Waals surface area contributed by atoms with E-state index in [1.807, 2.05) is 6.92 Å². The van der Waals surface area contributed by atoms with Crippen molar-refractivity contribution in [3.8, 4) is 0 Å². The fourth-order valence-corrected chi connectivity index (χ4v) is 3.51. The molecule has 1 unspecified atom stereocenters. The van der Waals surface area contributed by atoms with Gasteiger partial charge < -0.3 is 10.6 Å². The standard InChI is InChI=1S/C15H21N3O4S/c1-5-15(3,4)18-23(21,22)10-6-7-11-12(8-10)17-14(20)9(2)13(19)16-11/h6-9,18H,5H2,1-4H3,(H,16,19)(H,17,20). The lowest BCUT2D eigenvalue weighted by Crippen LogP contribution is -2.42. The SMILES string of the molecule is CCC(C)(C)NS(=O)(=O)c1ccc2c(c1)NC(=O)C(C)C(=O)N2. The van der Waals surface area contributed by atoms with Crippen molar-refractivity contribution < 1.29 is 18.0 Å². The Morgan fingerprint density at radius 2 is 1.70 bits per heavy atom. The average molecular weight is 339 g/mol. The van der Waals surface area contributed by atoms with Gasteiger partial charge in [0.15, 0.2) is 0 Å². The van der Waals surface area contributed by atoms with Gasteiger partial charge in [0.1, 0.15) is 5.92 Å². The van der Waals surface area contributed by atoms with Crippen molar-refractivity contribution in [2.45, 2.75) is 44.6 Å². The van der Waals surface area contributed by atoms with E-state index in [1.54, 1.807) is 13.8 Å². The van der Waals surface area contributed by atoms with Gasteiger partial charge in [0, 0.05) is 5.54 Å². The third-order valence-electron chi connectivity index (χ3n) is 3.90. The average Bonchev–Trinajstić information content (AvgIpc) is 2.56. The van der Waals surface area contributed by atoms with Gasteiger partial charge >= 0.3 is 0 Å². The Labute approximate surface area is 135 Å². The number of anilines is 2. The number of benzene rings is 1. The molecule has 0 bridgehead atoms. The molecule has 0 spiro atoms. The van der Waals surface area contributed by atoms with Gasteiger partial charge in [-0.1, -0.05) is 6.92 Å². The Hall–Kier alpha value is -1.93. The lowest BCUT2D eigenvalue weighted by Gasteiger charge is -2.24. The molecule has 0 saturated carbocycles. The predicted molar refractivity (Wildman–Crippen MR) is 87.6 cm³/mol. The summed E-state index contributed by atoms with van der Waals surface area (Å²) in [7, 11) is -3.73. The van der Waals surface area contributed by atoms with Crippen LogP contribution >= 0.6 is 0 Å². The van der Waals surface area contributed by atoms with Crippen LogP contribution < -0.4 is 15.4 Å². The second-order valence-corrected chi connectivity index (χ2v) is 7.93. The second kappa shape index (κ2) is 5.93. The number of fused-ring (bicyclic) bond motifs is 1. The molecular weight excluding hydrogens is 318 g/mol. The largest absolute Gasteiger partial charge is 0.324 e. The van der Waals surface area contributed by atoms with E-state index in [1.165, 1.54) is 25.1 Å². The van der Waals surface area contributed by atoms with Gasteiger partial charge in [0.25, 0.3) is 0 Å². The minimum atomic E-state index is -3.73. The molecule has 0 saturated heterocycles. The van der Waals surface area contributed by atoms with Crippen LogP contribution in [0, 0.1) is 5.92 Å². The fraction of sp³-hybridized carbons (Fsp3) is 0.467. The number of sulfonamides is 1. The van der Waals surface area contributed by atoms with E-state index in [9.17, 15) is 18.0 Å². The normalized spacial score (nSPS) is 18.7. The van der Waals surface area contributed by atoms with E-state index in [2.05, 4.69) is 15.4 Å². The summed E-state index contributed by atoms with van der Waals surface area (Å²) in [5.74, 6) is -1.75. The first kappa shape index (κ1) is 17.4. The van der Waals surface area contributed by atoms with Gasteiger partial charge in [-0.15, -0.1) is 0 Å². The van der Waals surface area contributed by atoms with Crippen molar-refractivity contribution in [3.63, 3.8) is 0 Å². The van der Waals surface area contributed by atoms with Crippen LogP contribution in [0.25, 0.3) is 0 Å². The maximum Gasteiger partial charge on any atom is 0.241 e. The highest BCUT2D eigenvalue weighted by molar-refractivity contribution is 7.89. The molecule has 23 heavy (non-hydrogen) atoms. The first-order valence-corrected chi connectivity index (χ1v) is 8.84. The van der Waals surface area contributed by atoms with Crippen molar-refractivity contribution >= 4 is 33.2 Å². The summed E-state index contributed by atoms with van der Waals surface area (Å²) >= 11 is 0.